The van der Waals surface area contributed by atoms with Gasteiger partial charge < -0.3 is 9.15 Å². The number of carbonyl (C=O) groups is 1. The average molecular weight is 432 g/mol. The van der Waals surface area contributed by atoms with E-state index in [1.165, 1.54) is 13.0 Å². The molecule has 0 radical (unpaired) electrons. The van der Waals surface area contributed by atoms with Gasteiger partial charge >= 0.3 is 11.6 Å². The smallest absolute Gasteiger partial charge is 0.336 e. The lowest BCUT2D eigenvalue weighted by atomic mass is 9.96. The summed E-state index contributed by atoms with van der Waals surface area (Å²) in [5.74, 6) is 0.0867. The first kappa shape index (κ1) is 17.2. The van der Waals surface area contributed by atoms with Gasteiger partial charge in [0.25, 0.3) is 0 Å². The largest absolute Gasteiger partial charge is 0.426 e. The van der Waals surface area contributed by atoms with Crippen molar-refractivity contribution in [1.82, 2.24) is 0 Å². The molecule has 2 aromatic rings. The minimum Gasteiger partial charge on any atom is -0.426 e. The van der Waals surface area contributed by atoms with E-state index in [9.17, 15) is 9.59 Å². The molecule has 1 atom stereocenters. The molecule has 0 spiro atoms. The third-order valence-electron chi connectivity index (χ3n) is 3.53. The first-order valence-corrected chi connectivity index (χ1v) is 8.83. The lowest BCUT2D eigenvalue weighted by Gasteiger charge is -2.18. The number of hydrogen-bond acceptors (Lipinski definition) is 4. The summed E-state index contributed by atoms with van der Waals surface area (Å²) >= 11 is 6.97. The Balaban J connectivity index is 2.83. The highest BCUT2D eigenvalue weighted by Gasteiger charge is 2.21. The van der Waals surface area contributed by atoms with Crippen molar-refractivity contribution in [2.45, 2.75) is 32.0 Å². The summed E-state index contributed by atoms with van der Waals surface area (Å²) < 4.78 is 10.8. The average Bonchev–Trinajstić information content (AvgIpc) is 2.47. The van der Waals surface area contributed by atoms with Crippen molar-refractivity contribution in [3.05, 3.63) is 39.2 Å². The van der Waals surface area contributed by atoms with Crippen LogP contribution in [0.2, 0.25) is 0 Å². The van der Waals surface area contributed by atoms with Crippen LogP contribution in [0.3, 0.4) is 0 Å². The minimum absolute atomic E-state index is 0.123. The van der Waals surface area contributed by atoms with Gasteiger partial charge in [0.15, 0.2) is 0 Å². The standard InChI is InChI=1S/C16H16Br2O4/c1-8-9(2)15(21-10(3)19)13(6-11(18)7-17)16-12(8)4-5-14(20)22-16/h4-5,11H,6-7H2,1-3H3. The number of rotatable bonds is 4. The molecule has 22 heavy (non-hydrogen) atoms. The van der Waals surface area contributed by atoms with Crippen LogP contribution >= 0.6 is 31.9 Å². The third kappa shape index (κ3) is 3.43. The fourth-order valence-electron chi connectivity index (χ4n) is 2.38. The first-order valence-electron chi connectivity index (χ1n) is 6.79. The normalized spacial score (nSPS) is 12.4. The Bertz CT molecular complexity index is 780. The fourth-order valence-corrected chi connectivity index (χ4v) is 2.93. The zero-order chi connectivity index (χ0) is 16.4. The number of aryl methyl sites for hydroxylation is 1. The molecule has 2 rings (SSSR count). The Morgan fingerprint density at radius 1 is 1.32 bits per heavy atom. The molecule has 0 fully saturated rings. The molecule has 4 nitrogen and oxygen atoms in total. The van der Waals surface area contributed by atoms with E-state index < -0.39 is 11.6 Å². The first-order chi connectivity index (χ1) is 10.3. The summed E-state index contributed by atoms with van der Waals surface area (Å²) in [6.45, 7) is 5.18. The molecule has 0 aliphatic carbocycles. The Hall–Kier alpha value is -1.14. The lowest BCUT2D eigenvalue weighted by molar-refractivity contribution is -0.131. The second-order valence-electron chi connectivity index (χ2n) is 5.10. The predicted octanol–water partition coefficient (Wildman–Crippen LogP) is 4.04. The Morgan fingerprint density at radius 2 is 2.00 bits per heavy atom. The number of halogens is 2. The number of ether oxygens (including phenoxy) is 1. The summed E-state index contributed by atoms with van der Waals surface area (Å²) in [7, 11) is 0. The van der Waals surface area contributed by atoms with E-state index in [0.717, 1.165) is 27.4 Å². The molecule has 1 aromatic heterocycles. The highest BCUT2D eigenvalue weighted by Crippen LogP contribution is 2.36. The van der Waals surface area contributed by atoms with E-state index >= 15 is 0 Å². The van der Waals surface area contributed by atoms with Crippen molar-refractivity contribution in [3.63, 3.8) is 0 Å². The summed E-state index contributed by atoms with van der Waals surface area (Å²) in [6.07, 6.45) is 0.568. The van der Waals surface area contributed by atoms with Gasteiger partial charge in [-0.1, -0.05) is 31.9 Å². The maximum absolute atomic E-state index is 11.6. The van der Waals surface area contributed by atoms with Crippen LogP contribution in [0, 0.1) is 13.8 Å². The summed E-state index contributed by atoms with van der Waals surface area (Å²) in [6, 6.07) is 3.15. The predicted molar refractivity (Wildman–Crippen MR) is 93.5 cm³/mol. The van der Waals surface area contributed by atoms with Crippen molar-refractivity contribution in [2.75, 3.05) is 5.33 Å². The molecule has 1 unspecified atom stereocenters. The summed E-state index contributed by atoms with van der Waals surface area (Å²) in [5, 5.41) is 1.58. The number of hydrogen-bond donors (Lipinski definition) is 0. The second-order valence-corrected chi connectivity index (χ2v) is 7.05. The maximum Gasteiger partial charge on any atom is 0.336 e. The van der Waals surface area contributed by atoms with Gasteiger partial charge in [-0.15, -0.1) is 0 Å². The van der Waals surface area contributed by atoms with E-state index in [2.05, 4.69) is 31.9 Å². The van der Waals surface area contributed by atoms with E-state index in [1.807, 2.05) is 13.8 Å². The molecule has 118 valence electrons. The summed E-state index contributed by atoms with van der Waals surface area (Å²) in [4.78, 5) is 23.2. The quantitative estimate of drug-likeness (QED) is 0.317. The zero-order valence-electron chi connectivity index (χ0n) is 12.5. The van der Waals surface area contributed by atoms with Gasteiger partial charge in [0.2, 0.25) is 0 Å². The van der Waals surface area contributed by atoms with E-state index in [0.29, 0.717) is 17.8 Å². The lowest BCUT2D eigenvalue weighted by Crippen LogP contribution is -2.12. The molecular weight excluding hydrogens is 416 g/mol. The molecular formula is C16H16Br2O4. The third-order valence-corrected chi connectivity index (χ3v) is 5.83. The topological polar surface area (TPSA) is 56.5 Å². The van der Waals surface area contributed by atoms with Gasteiger partial charge in [-0.05, 0) is 37.5 Å². The molecule has 0 aliphatic rings. The zero-order valence-corrected chi connectivity index (χ0v) is 15.7. The molecule has 0 aliphatic heterocycles. The van der Waals surface area contributed by atoms with Crippen LogP contribution in [0.15, 0.2) is 21.3 Å². The number of fused-ring (bicyclic) bond motifs is 1. The number of carbonyl (C=O) groups excluding carboxylic acids is 1. The Kier molecular flexibility index (Phi) is 5.45. The van der Waals surface area contributed by atoms with Crippen LogP contribution in [-0.2, 0) is 11.2 Å². The fraction of sp³-hybridized carbons (Fsp3) is 0.375. The molecule has 0 amide bonds. The van der Waals surface area contributed by atoms with Crippen LogP contribution < -0.4 is 10.4 Å². The number of benzene rings is 1. The SMILES string of the molecule is CC(=O)Oc1c(C)c(C)c2ccc(=O)oc2c1CC(Br)CBr. The van der Waals surface area contributed by atoms with Gasteiger partial charge in [0, 0.05) is 34.1 Å². The molecule has 0 bridgehead atoms. The molecule has 0 N–H and O–H groups in total. The van der Waals surface area contributed by atoms with Crippen LogP contribution in [0.5, 0.6) is 5.75 Å². The van der Waals surface area contributed by atoms with Crippen molar-refractivity contribution in [3.8, 4) is 5.75 Å². The van der Waals surface area contributed by atoms with E-state index in [-0.39, 0.29) is 4.83 Å². The summed E-state index contributed by atoms with van der Waals surface area (Å²) in [5.41, 5.74) is 2.60. The van der Waals surface area contributed by atoms with Gasteiger partial charge in [0.05, 0.1) is 0 Å². The minimum atomic E-state index is -0.421. The maximum atomic E-state index is 11.6. The van der Waals surface area contributed by atoms with Crippen molar-refractivity contribution in [1.29, 1.82) is 0 Å². The highest BCUT2D eigenvalue weighted by molar-refractivity contribution is 9.12. The monoisotopic (exact) mass is 430 g/mol. The highest BCUT2D eigenvalue weighted by atomic mass is 79.9. The van der Waals surface area contributed by atoms with Gasteiger partial charge in [0.1, 0.15) is 11.3 Å². The second kappa shape index (κ2) is 6.96. The van der Waals surface area contributed by atoms with Crippen molar-refractivity contribution < 1.29 is 13.9 Å². The number of alkyl halides is 2. The van der Waals surface area contributed by atoms with Gasteiger partial charge in [-0.25, -0.2) is 4.79 Å². The van der Waals surface area contributed by atoms with Crippen LogP contribution in [-0.4, -0.2) is 16.1 Å². The molecule has 6 heteroatoms. The number of esters is 1. The van der Waals surface area contributed by atoms with Crippen LogP contribution in [0.4, 0.5) is 0 Å². The van der Waals surface area contributed by atoms with Crippen molar-refractivity contribution in [2.24, 2.45) is 0 Å². The molecule has 0 saturated carbocycles. The van der Waals surface area contributed by atoms with Crippen molar-refractivity contribution >= 4 is 48.8 Å². The van der Waals surface area contributed by atoms with Crippen LogP contribution in [0.25, 0.3) is 11.0 Å². The molecule has 1 aromatic carbocycles. The van der Waals surface area contributed by atoms with E-state index in [1.54, 1.807) is 6.07 Å². The molecule has 1 heterocycles. The Morgan fingerprint density at radius 3 is 2.59 bits per heavy atom. The Labute approximate surface area is 145 Å². The van der Waals surface area contributed by atoms with Crippen LogP contribution in [0.1, 0.15) is 23.6 Å². The van der Waals surface area contributed by atoms with E-state index in [4.69, 9.17) is 9.15 Å². The molecule has 0 saturated heterocycles. The van der Waals surface area contributed by atoms with Gasteiger partial charge in [-0.2, -0.15) is 0 Å². The van der Waals surface area contributed by atoms with Gasteiger partial charge in [-0.3, -0.25) is 4.79 Å².